The maximum atomic E-state index is 6.02. The molecule has 0 aliphatic heterocycles. The summed E-state index contributed by atoms with van der Waals surface area (Å²) in [5, 5.41) is 8.08. The molecule has 0 unspecified atom stereocenters. The van der Waals surface area contributed by atoms with Crippen molar-refractivity contribution < 1.29 is 0 Å². The van der Waals surface area contributed by atoms with Gasteiger partial charge in [-0.15, -0.1) is 0 Å². The SMILES string of the molecule is NC(=NCc1nn(-c2ccccc2)c2c1CCC2)NCC1CCC1. The molecule has 4 rings (SSSR count). The molecule has 0 atom stereocenters. The minimum Gasteiger partial charge on any atom is -0.370 e. The fourth-order valence-electron chi connectivity index (χ4n) is 3.59. The zero-order valence-electron chi connectivity index (χ0n) is 14.0. The molecule has 3 N–H and O–H groups in total. The summed E-state index contributed by atoms with van der Waals surface area (Å²) < 4.78 is 2.09. The standard InChI is InChI=1S/C19H25N5/c20-19(21-12-14-6-4-7-14)22-13-17-16-10-5-11-18(16)24(23-17)15-8-2-1-3-9-15/h1-3,8-9,14H,4-7,10-13H2,(H3,20,21,22). The number of aromatic nitrogens is 2. The van der Waals surface area contributed by atoms with Gasteiger partial charge in [-0.2, -0.15) is 5.10 Å². The van der Waals surface area contributed by atoms with Gasteiger partial charge in [-0.3, -0.25) is 0 Å². The van der Waals surface area contributed by atoms with Gasteiger partial charge in [0.05, 0.1) is 17.9 Å². The van der Waals surface area contributed by atoms with Gasteiger partial charge in [0.2, 0.25) is 0 Å². The summed E-state index contributed by atoms with van der Waals surface area (Å²) in [6.45, 7) is 1.51. The number of hydrogen-bond acceptors (Lipinski definition) is 2. The number of benzene rings is 1. The molecule has 0 bridgehead atoms. The van der Waals surface area contributed by atoms with Crippen molar-refractivity contribution in [2.75, 3.05) is 6.54 Å². The van der Waals surface area contributed by atoms with Gasteiger partial charge in [0.15, 0.2) is 5.96 Å². The van der Waals surface area contributed by atoms with Crippen LogP contribution in [0.1, 0.15) is 42.6 Å². The van der Waals surface area contributed by atoms with Gasteiger partial charge < -0.3 is 11.1 Å². The first-order valence-corrected chi connectivity index (χ1v) is 9.00. The van der Waals surface area contributed by atoms with Crippen molar-refractivity contribution in [3.63, 3.8) is 0 Å². The second kappa shape index (κ2) is 6.67. The lowest BCUT2D eigenvalue weighted by Gasteiger charge is -2.25. The summed E-state index contributed by atoms with van der Waals surface area (Å²) in [7, 11) is 0. The lowest BCUT2D eigenvalue weighted by Crippen LogP contribution is -2.37. The number of para-hydroxylation sites is 1. The Morgan fingerprint density at radius 1 is 1.21 bits per heavy atom. The molecule has 1 aromatic heterocycles. The summed E-state index contributed by atoms with van der Waals surface area (Å²) >= 11 is 0. The Labute approximate surface area is 143 Å². The smallest absolute Gasteiger partial charge is 0.188 e. The topological polar surface area (TPSA) is 68.2 Å². The van der Waals surface area contributed by atoms with Crippen LogP contribution in [0.2, 0.25) is 0 Å². The highest BCUT2D eigenvalue weighted by Crippen LogP contribution is 2.28. The molecule has 1 saturated carbocycles. The largest absolute Gasteiger partial charge is 0.370 e. The van der Waals surface area contributed by atoms with Gasteiger partial charge >= 0.3 is 0 Å². The van der Waals surface area contributed by atoms with Crippen LogP contribution in [0.4, 0.5) is 0 Å². The Morgan fingerprint density at radius 2 is 2.04 bits per heavy atom. The molecule has 5 nitrogen and oxygen atoms in total. The van der Waals surface area contributed by atoms with Gasteiger partial charge in [0.25, 0.3) is 0 Å². The van der Waals surface area contributed by atoms with Crippen molar-refractivity contribution in [1.29, 1.82) is 0 Å². The predicted molar refractivity (Wildman–Crippen MR) is 96.3 cm³/mol. The third kappa shape index (κ3) is 3.03. The average Bonchev–Trinajstić information content (AvgIpc) is 3.15. The van der Waals surface area contributed by atoms with E-state index in [0.29, 0.717) is 12.5 Å². The van der Waals surface area contributed by atoms with Gasteiger partial charge in [0, 0.05) is 12.2 Å². The van der Waals surface area contributed by atoms with E-state index in [2.05, 4.69) is 39.3 Å². The third-order valence-electron chi connectivity index (χ3n) is 5.21. The molecule has 0 amide bonds. The van der Waals surface area contributed by atoms with Crippen LogP contribution >= 0.6 is 0 Å². The van der Waals surface area contributed by atoms with Crippen molar-refractivity contribution in [2.24, 2.45) is 16.6 Å². The number of nitrogens with one attached hydrogen (secondary N) is 1. The zero-order chi connectivity index (χ0) is 16.4. The first-order valence-electron chi connectivity index (χ1n) is 9.00. The molecule has 2 aromatic rings. The van der Waals surface area contributed by atoms with E-state index in [4.69, 9.17) is 10.8 Å². The van der Waals surface area contributed by atoms with E-state index in [9.17, 15) is 0 Å². The number of guanidine groups is 1. The molecule has 0 radical (unpaired) electrons. The number of hydrogen-bond donors (Lipinski definition) is 2. The van der Waals surface area contributed by atoms with Crippen molar-refractivity contribution in [3.8, 4) is 5.69 Å². The van der Waals surface area contributed by atoms with Gasteiger partial charge in [-0.05, 0) is 55.7 Å². The second-order valence-corrected chi connectivity index (χ2v) is 6.85. The number of nitrogens with zero attached hydrogens (tertiary/aromatic N) is 3. The van der Waals surface area contributed by atoms with Crippen molar-refractivity contribution in [1.82, 2.24) is 15.1 Å². The Kier molecular flexibility index (Phi) is 4.24. The highest BCUT2D eigenvalue weighted by atomic mass is 15.3. The van der Waals surface area contributed by atoms with Crippen molar-refractivity contribution in [3.05, 3.63) is 47.3 Å². The molecule has 1 heterocycles. The molecule has 1 aromatic carbocycles. The minimum absolute atomic E-state index is 0.544. The maximum absolute atomic E-state index is 6.02. The predicted octanol–water partition coefficient (Wildman–Crippen LogP) is 2.57. The Balaban J connectivity index is 1.49. The maximum Gasteiger partial charge on any atom is 0.188 e. The van der Waals surface area contributed by atoms with Crippen LogP contribution in [-0.4, -0.2) is 22.3 Å². The summed E-state index contributed by atoms with van der Waals surface area (Å²) in [4.78, 5) is 4.52. The van der Waals surface area contributed by atoms with Gasteiger partial charge in [-0.25, -0.2) is 9.67 Å². The Bertz CT molecular complexity index is 728. The summed E-state index contributed by atoms with van der Waals surface area (Å²) in [5.74, 6) is 1.32. The van der Waals surface area contributed by atoms with Crippen LogP contribution in [0, 0.1) is 5.92 Å². The van der Waals surface area contributed by atoms with E-state index in [1.54, 1.807) is 0 Å². The van der Waals surface area contributed by atoms with Crippen molar-refractivity contribution in [2.45, 2.75) is 45.1 Å². The molecule has 24 heavy (non-hydrogen) atoms. The van der Waals surface area contributed by atoms with E-state index in [0.717, 1.165) is 36.7 Å². The monoisotopic (exact) mass is 323 g/mol. The summed E-state index contributed by atoms with van der Waals surface area (Å²) in [6, 6.07) is 10.4. The number of fused-ring (bicyclic) bond motifs is 1. The fourth-order valence-corrected chi connectivity index (χ4v) is 3.59. The van der Waals surface area contributed by atoms with Crippen molar-refractivity contribution >= 4 is 5.96 Å². The molecule has 2 aliphatic carbocycles. The molecule has 1 fully saturated rings. The van der Waals surface area contributed by atoms with Crippen LogP contribution in [0.3, 0.4) is 0 Å². The van der Waals surface area contributed by atoms with E-state index < -0.39 is 0 Å². The van der Waals surface area contributed by atoms with Gasteiger partial charge in [-0.1, -0.05) is 24.6 Å². The zero-order valence-corrected chi connectivity index (χ0v) is 14.0. The molecular weight excluding hydrogens is 298 g/mol. The average molecular weight is 323 g/mol. The fraction of sp³-hybridized carbons (Fsp3) is 0.474. The summed E-state index contributed by atoms with van der Waals surface area (Å²) in [5.41, 5.74) is 10.9. The molecule has 126 valence electrons. The van der Waals surface area contributed by atoms with Crippen LogP contribution in [0.25, 0.3) is 5.69 Å². The minimum atomic E-state index is 0.544. The van der Waals surface area contributed by atoms with Crippen LogP contribution in [0.5, 0.6) is 0 Å². The first-order chi connectivity index (χ1) is 11.8. The Hall–Kier alpha value is -2.30. The van der Waals surface area contributed by atoms with E-state index >= 15 is 0 Å². The van der Waals surface area contributed by atoms with E-state index in [1.807, 2.05) is 6.07 Å². The molecular formula is C19H25N5. The molecule has 2 aliphatic rings. The highest BCUT2D eigenvalue weighted by molar-refractivity contribution is 5.77. The van der Waals surface area contributed by atoms with Crippen LogP contribution < -0.4 is 11.1 Å². The van der Waals surface area contributed by atoms with E-state index in [1.165, 1.54) is 36.9 Å². The molecule has 0 saturated heterocycles. The Morgan fingerprint density at radius 3 is 2.79 bits per heavy atom. The lowest BCUT2D eigenvalue weighted by atomic mass is 9.85. The first kappa shape index (κ1) is 15.2. The quantitative estimate of drug-likeness (QED) is 0.656. The van der Waals surface area contributed by atoms with Crippen LogP contribution in [0.15, 0.2) is 35.3 Å². The second-order valence-electron chi connectivity index (χ2n) is 6.85. The highest BCUT2D eigenvalue weighted by Gasteiger charge is 2.23. The number of nitrogens with two attached hydrogens (primary N) is 1. The number of rotatable bonds is 5. The normalized spacial score (nSPS) is 17.6. The lowest BCUT2D eigenvalue weighted by molar-refractivity contribution is 0.315. The van der Waals surface area contributed by atoms with Gasteiger partial charge in [0.1, 0.15) is 0 Å². The third-order valence-corrected chi connectivity index (χ3v) is 5.21. The van der Waals surface area contributed by atoms with E-state index in [-0.39, 0.29) is 0 Å². The summed E-state index contributed by atoms with van der Waals surface area (Å²) in [6.07, 6.45) is 7.38. The molecule has 5 heteroatoms. The molecule has 0 spiro atoms. The van der Waals surface area contributed by atoms with Crippen LogP contribution in [-0.2, 0) is 19.4 Å². The number of aliphatic imine (C=N–C) groups is 1.